The van der Waals surface area contributed by atoms with Crippen LogP contribution >= 0.6 is 0 Å². The van der Waals surface area contributed by atoms with Crippen LogP contribution in [0.15, 0.2) is 36.4 Å². The minimum atomic E-state index is -3.02. The third-order valence-corrected chi connectivity index (χ3v) is 7.04. The van der Waals surface area contributed by atoms with Crippen molar-refractivity contribution in [2.45, 2.75) is 33.2 Å². The summed E-state index contributed by atoms with van der Waals surface area (Å²) in [6.07, 6.45) is 3.52. The largest absolute Gasteiger partial charge is 0.454 e. The van der Waals surface area contributed by atoms with E-state index in [2.05, 4.69) is 0 Å². The SMILES string of the molecule is Cc1ccccc1/C=C/C(=O)OCC(=O)c1cc(C)n([C@@H]2CCS(=O)(=O)C2)c1C. The molecule has 3 rings (SSSR count). The highest BCUT2D eigenvalue weighted by atomic mass is 32.2. The number of Topliss-reactive ketones (excluding diaryl/α,β-unsaturated/α-hetero) is 1. The fourth-order valence-electron chi connectivity index (χ4n) is 3.79. The van der Waals surface area contributed by atoms with Crippen LogP contribution in [0.3, 0.4) is 0 Å². The Morgan fingerprint density at radius 1 is 1.21 bits per heavy atom. The van der Waals surface area contributed by atoms with E-state index < -0.39 is 15.8 Å². The molecule has 7 heteroatoms. The van der Waals surface area contributed by atoms with Crippen molar-refractivity contribution >= 4 is 27.7 Å². The zero-order chi connectivity index (χ0) is 21.2. The molecule has 0 radical (unpaired) electrons. The van der Waals surface area contributed by atoms with Crippen LogP contribution in [-0.2, 0) is 19.4 Å². The van der Waals surface area contributed by atoms with Gasteiger partial charge in [0.25, 0.3) is 0 Å². The molecule has 1 aliphatic rings. The average Bonchev–Trinajstić information content (AvgIpc) is 3.17. The Balaban J connectivity index is 1.65. The van der Waals surface area contributed by atoms with E-state index in [0.717, 1.165) is 16.8 Å². The molecule has 2 aromatic rings. The minimum absolute atomic E-state index is 0.0929. The molecule has 0 N–H and O–H groups in total. The summed E-state index contributed by atoms with van der Waals surface area (Å²) < 4.78 is 30.6. The second-order valence-electron chi connectivity index (χ2n) is 7.43. The molecule has 29 heavy (non-hydrogen) atoms. The lowest BCUT2D eigenvalue weighted by Crippen LogP contribution is -2.16. The molecule has 1 saturated heterocycles. The van der Waals surface area contributed by atoms with E-state index in [-0.39, 0.29) is 29.9 Å². The molecular formula is C22H25NO5S. The van der Waals surface area contributed by atoms with Crippen molar-refractivity contribution in [1.29, 1.82) is 0 Å². The fourth-order valence-corrected chi connectivity index (χ4v) is 5.49. The predicted octanol–water partition coefficient (Wildman–Crippen LogP) is 3.21. The van der Waals surface area contributed by atoms with Crippen molar-refractivity contribution in [3.63, 3.8) is 0 Å². The second-order valence-corrected chi connectivity index (χ2v) is 9.66. The van der Waals surface area contributed by atoms with E-state index in [9.17, 15) is 18.0 Å². The number of carbonyl (C=O) groups is 2. The molecule has 1 atom stereocenters. The average molecular weight is 416 g/mol. The molecule has 2 heterocycles. The third-order valence-electron chi connectivity index (χ3n) is 5.29. The number of rotatable bonds is 6. The van der Waals surface area contributed by atoms with Crippen LogP contribution < -0.4 is 0 Å². The van der Waals surface area contributed by atoms with Gasteiger partial charge in [0, 0.05) is 29.1 Å². The van der Waals surface area contributed by atoms with Crippen LogP contribution in [0.1, 0.15) is 45.3 Å². The lowest BCUT2D eigenvalue weighted by atomic mass is 10.1. The summed E-state index contributed by atoms with van der Waals surface area (Å²) in [4.78, 5) is 24.5. The van der Waals surface area contributed by atoms with Crippen LogP contribution in [0.25, 0.3) is 6.08 Å². The van der Waals surface area contributed by atoms with Crippen molar-refractivity contribution in [3.05, 3.63) is 64.5 Å². The Labute approximate surface area is 171 Å². The number of sulfone groups is 1. The van der Waals surface area contributed by atoms with Gasteiger partial charge in [-0.05, 0) is 50.5 Å². The first-order valence-electron chi connectivity index (χ1n) is 9.50. The highest BCUT2D eigenvalue weighted by molar-refractivity contribution is 7.91. The summed E-state index contributed by atoms with van der Waals surface area (Å²) >= 11 is 0. The van der Waals surface area contributed by atoms with E-state index in [1.165, 1.54) is 6.08 Å². The van der Waals surface area contributed by atoms with Crippen LogP contribution in [0.5, 0.6) is 0 Å². The lowest BCUT2D eigenvalue weighted by Gasteiger charge is -2.16. The van der Waals surface area contributed by atoms with Crippen LogP contribution in [0.4, 0.5) is 0 Å². The van der Waals surface area contributed by atoms with Gasteiger partial charge in [-0.15, -0.1) is 0 Å². The fraction of sp³-hybridized carbons (Fsp3) is 0.364. The molecule has 0 spiro atoms. The standard InChI is InChI=1S/C22H25NO5S/c1-15-6-4-5-7-18(15)8-9-22(25)28-13-21(24)20-12-16(2)23(17(20)3)19-10-11-29(26,27)14-19/h4-9,12,19H,10-11,13-14H2,1-3H3/b9-8+/t19-/m1/s1. The van der Waals surface area contributed by atoms with Gasteiger partial charge in [-0.3, -0.25) is 4.79 Å². The molecule has 0 unspecified atom stereocenters. The highest BCUT2D eigenvalue weighted by Crippen LogP contribution is 2.29. The zero-order valence-corrected chi connectivity index (χ0v) is 17.7. The van der Waals surface area contributed by atoms with Gasteiger partial charge in [-0.2, -0.15) is 0 Å². The molecule has 1 aliphatic heterocycles. The minimum Gasteiger partial charge on any atom is -0.454 e. The van der Waals surface area contributed by atoms with E-state index in [4.69, 9.17) is 4.74 Å². The molecule has 6 nitrogen and oxygen atoms in total. The number of nitrogens with zero attached hydrogens (tertiary/aromatic N) is 1. The molecule has 0 aliphatic carbocycles. The van der Waals surface area contributed by atoms with Gasteiger partial charge in [0.05, 0.1) is 11.5 Å². The normalized spacial score (nSPS) is 18.2. The molecule has 0 amide bonds. The number of hydrogen-bond acceptors (Lipinski definition) is 5. The molecule has 1 aromatic heterocycles. The predicted molar refractivity (Wildman–Crippen MR) is 112 cm³/mol. The van der Waals surface area contributed by atoms with Crippen molar-refractivity contribution in [3.8, 4) is 0 Å². The highest BCUT2D eigenvalue weighted by Gasteiger charge is 2.31. The summed E-state index contributed by atoms with van der Waals surface area (Å²) in [5.74, 6) is -0.626. The Morgan fingerprint density at radius 2 is 1.93 bits per heavy atom. The number of esters is 1. The van der Waals surface area contributed by atoms with Gasteiger partial charge in [0.1, 0.15) is 0 Å². The van der Waals surface area contributed by atoms with E-state index in [1.807, 2.05) is 42.7 Å². The molecule has 0 bridgehead atoms. The number of benzene rings is 1. The molecule has 0 saturated carbocycles. The smallest absolute Gasteiger partial charge is 0.331 e. The number of ketones is 1. The molecular weight excluding hydrogens is 390 g/mol. The van der Waals surface area contributed by atoms with Crippen LogP contribution in [0, 0.1) is 20.8 Å². The Hall–Kier alpha value is -2.67. The number of ether oxygens (including phenoxy) is 1. The third kappa shape index (κ3) is 4.85. The first-order chi connectivity index (χ1) is 13.7. The number of carbonyl (C=O) groups excluding carboxylic acids is 2. The van der Waals surface area contributed by atoms with Gasteiger partial charge in [0.2, 0.25) is 5.78 Å². The Morgan fingerprint density at radius 3 is 2.59 bits per heavy atom. The van der Waals surface area contributed by atoms with Crippen molar-refractivity contribution in [1.82, 2.24) is 4.57 Å². The summed E-state index contributed by atoms with van der Waals surface area (Å²) in [5, 5.41) is 0. The number of aryl methyl sites for hydroxylation is 2. The van der Waals surface area contributed by atoms with E-state index in [1.54, 1.807) is 19.1 Å². The first kappa shape index (κ1) is 21.0. The summed E-state index contributed by atoms with van der Waals surface area (Å²) in [7, 11) is -3.02. The second kappa shape index (κ2) is 8.37. The van der Waals surface area contributed by atoms with Gasteiger partial charge in [-0.1, -0.05) is 24.3 Å². The topological polar surface area (TPSA) is 82.4 Å². The quantitative estimate of drug-likeness (QED) is 0.411. The van der Waals surface area contributed by atoms with Crippen molar-refractivity contribution in [2.24, 2.45) is 0 Å². The van der Waals surface area contributed by atoms with Gasteiger partial charge in [-0.25, -0.2) is 13.2 Å². The van der Waals surface area contributed by atoms with Crippen LogP contribution in [0.2, 0.25) is 0 Å². The monoisotopic (exact) mass is 415 g/mol. The Kier molecular flexibility index (Phi) is 6.07. The molecule has 1 aromatic carbocycles. The zero-order valence-electron chi connectivity index (χ0n) is 16.8. The van der Waals surface area contributed by atoms with Crippen molar-refractivity contribution in [2.75, 3.05) is 18.1 Å². The lowest BCUT2D eigenvalue weighted by molar-refractivity contribution is -0.136. The van der Waals surface area contributed by atoms with E-state index >= 15 is 0 Å². The van der Waals surface area contributed by atoms with Gasteiger partial charge >= 0.3 is 5.97 Å². The van der Waals surface area contributed by atoms with Gasteiger partial charge in [0.15, 0.2) is 16.4 Å². The maximum absolute atomic E-state index is 12.6. The summed E-state index contributed by atoms with van der Waals surface area (Å²) in [6, 6.07) is 9.22. The maximum Gasteiger partial charge on any atom is 0.331 e. The summed E-state index contributed by atoms with van der Waals surface area (Å²) in [5.41, 5.74) is 3.95. The van der Waals surface area contributed by atoms with Gasteiger partial charge < -0.3 is 9.30 Å². The van der Waals surface area contributed by atoms with Crippen LogP contribution in [-0.4, -0.2) is 42.9 Å². The first-order valence-corrected chi connectivity index (χ1v) is 11.3. The molecule has 154 valence electrons. The van der Waals surface area contributed by atoms with Crippen molar-refractivity contribution < 1.29 is 22.7 Å². The van der Waals surface area contributed by atoms with E-state index in [0.29, 0.717) is 17.7 Å². The number of hydrogen-bond donors (Lipinski definition) is 0. The maximum atomic E-state index is 12.6. The number of aromatic nitrogens is 1. The molecule has 1 fully saturated rings. The Bertz CT molecular complexity index is 1080. The summed E-state index contributed by atoms with van der Waals surface area (Å²) in [6.45, 7) is 5.24.